The second kappa shape index (κ2) is 16.2. The number of aliphatic hydroxyl groups is 1. The number of aliphatic hydroxyl groups excluding tert-OH is 1. The maximum absolute atomic E-state index is 12.4. The number of aromatic hydroxyl groups is 1. The summed E-state index contributed by atoms with van der Waals surface area (Å²) in [6.45, 7) is 2.84. The van der Waals surface area contributed by atoms with Gasteiger partial charge in [-0.05, 0) is 73.8 Å². The molecule has 0 aliphatic heterocycles. The molecule has 0 radical (unpaired) electrons. The molecule has 0 fully saturated rings. The average molecular weight is 544 g/mol. The van der Waals surface area contributed by atoms with Gasteiger partial charge in [-0.15, -0.1) is 0 Å². The molecule has 0 amide bonds. The topological polar surface area (TPSA) is 117 Å². The highest BCUT2D eigenvalue weighted by Gasteiger charge is 2.18. The number of phenols is 1. The van der Waals surface area contributed by atoms with Gasteiger partial charge in [-0.1, -0.05) is 42.5 Å². The minimum atomic E-state index is -3.38. The zero-order chi connectivity index (χ0) is 27.1. The first-order chi connectivity index (χ1) is 18.4. The van der Waals surface area contributed by atoms with E-state index in [9.17, 15) is 19.7 Å². The van der Waals surface area contributed by atoms with Crippen LogP contribution in [-0.2, 0) is 28.9 Å². The molecule has 0 heterocycles. The van der Waals surface area contributed by atoms with E-state index in [1.54, 1.807) is 12.1 Å². The molecule has 8 nitrogen and oxygen atoms in total. The summed E-state index contributed by atoms with van der Waals surface area (Å²) in [5.41, 5.74) is 2.67. The average Bonchev–Trinajstić information content (AvgIpc) is 2.93. The van der Waals surface area contributed by atoms with Crippen molar-refractivity contribution in [1.29, 1.82) is 0 Å². The smallest absolute Gasteiger partial charge is 0.236 e. The van der Waals surface area contributed by atoms with Crippen LogP contribution in [0, 0.1) is 0 Å². The lowest BCUT2D eigenvalue weighted by molar-refractivity contribution is 0.121. The first-order valence-corrected chi connectivity index (χ1v) is 14.9. The van der Waals surface area contributed by atoms with Crippen molar-refractivity contribution in [2.75, 3.05) is 38.8 Å². The molecule has 0 spiro atoms. The highest BCUT2D eigenvalue weighted by Crippen LogP contribution is 2.41. The maximum atomic E-state index is 12.4. The summed E-state index contributed by atoms with van der Waals surface area (Å²) in [5.74, 6) is 1.26. The molecule has 38 heavy (non-hydrogen) atoms. The fourth-order valence-electron chi connectivity index (χ4n) is 3.69. The summed E-state index contributed by atoms with van der Waals surface area (Å²) in [5, 5.41) is 22.2. The number of benzene rings is 3. The Balaban J connectivity index is 1.23. The third-order valence-electron chi connectivity index (χ3n) is 5.84. The number of nitrogens with one attached hydrogen (secondary N) is 1. The summed E-state index contributed by atoms with van der Waals surface area (Å²) < 4.78 is 29.2. The molecule has 0 aliphatic carbocycles. The molecule has 206 valence electrons. The lowest BCUT2D eigenvalue weighted by Gasteiger charge is -2.13. The van der Waals surface area contributed by atoms with Gasteiger partial charge in [-0.3, -0.25) is 4.57 Å². The highest BCUT2D eigenvalue weighted by atomic mass is 31.2. The molecule has 0 saturated heterocycles. The standard InChI is InChI=1S/C29H38NO7P/c31-21-26-20-28(12-13-29(26)32)36-18-4-15-30-16-14-24-8-10-27(11-9-24)37-23-38(33,34)19-5-17-35-22-25-6-2-1-3-7-25/h1-3,6-13,20,30-32H,4-5,14-19,21-23H2,(H,33,34). The molecular formula is C29H38NO7P. The van der Waals surface area contributed by atoms with Crippen LogP contribution in [0.3, 0.4) is 0 Å². The second-order valence-electron chi connectivity index (χ2n) is 9.03. The van der Waals surface area contributed by atoms with Gasteiger partial charge in [0.25, 0.3) is 0 Å². The van der Waals surface area contributed by atoms with Gasteiger partial charge >= 0.3 is 0 Å². The number of hydrogen-bond acceptors (Lipinski definition) is 7. The SMILES string of the molecule is O=P(O)(CCCOCc1ccccc1)COc1ccc(CCNCCCOc2ccc(O)c(CO)c2)cc1. The molecule has 0 aliphatic rings. The van der Waals surface area contributed by atoms with Crippen molar-refractivity contribution in [3.8, 4) is 17.2 Å². The Labute approximate surface area is 224 Å². The van der Waals surface area contributed by atoms with Gasteiger partial charge in [0, 0.05) is 18.3 Å². The van der Waals surface area contributed by atoms with Crippen molar-refractivity contribution in [3.63, 3.8) is 0 Å². The lowest BCUT2D eigenvalue weighted by Crippen LogP contribution is -2.20. The van der Waals surface area contributed by atoms with Gasteiger partial charge < -0.3 is 34.6 Å². The van der Waals surface area contributed by atoms with Crippen LogP contribution in [0.5, 0.6) is 17.2 Å². The molecule has 0 bridgehead atoms. The molecule has 3 rings (SSSR count). The summed E-state index contributed by atoms with van der Waals surface area (Å²) in [6.07, 6.45) is 2.13. The van der Waals surface area contributed by atoms with E-state index in [0.29, 0.717) is 43.3 Å². The Hall–Kier alpha value is -2.87. The van der Waals surface area contributed by atoms with Gasteiger partial charge in [0.1, 0.15) is 17.2 Å². The van der Waals surface area contributed by atoms with E-state index < -0.39 is 7.37 Å². The van der Waals surface area contributed by atoms with E-state index >= 15 is 0 Å². The predicted octanol–water partition coefficient (Wildman–Crippen LogP) is 4.70. The van der Waals surface area contributed by atoms with Crippen LogP contribution in [-0.4, -0.2) is 53.9 Å². The Kier molecular flexibility index (Phi) is 12.6. The molecule has 3 aromatic rings. The minimum absolute atomic E-state index is 0.0609. The lowest BCUT2D eigenvalue weighted by atomic mass is 10.1. The zero-order valence-corrected chi connectivity index (χ0v) is 22.5. The van der Waals surface area contributed by atoms with E-state index in [2.05, 4.69) is 5.32 Å². The molecule has 1 unspecified atom stereocenters. The van der Waals surface area contributed by atoms with Gasteiger partial charge in [0.05, 0.1) is 19.8 Å². The summed E-state index contributed by atoms with van der Waals surface area (Å²) >= 11 is 0. The normalized spacial score (nSPS) is 12.7. The van der Waals surface area contributed by atoms with Crippen LogP contribution >= 0.6 is 7.37 Å². The van der Waals surface area contributed by atoms with Crippen LogP contribution in [0.15, 0.2) is 72.8 Å². The van der Waals surface area contributed by atoms with Crippen molar-refractivity contribution in [2.45, 2.75) is 32.5 Å². The van der Waals surface area contributed by atoms with Crippen molar-refractivity contribution >= 4 is 7.37 Å². The van der Waals surface area contributed by atoms with Crippen LogP contribution in [0.1, 0.15) is 29.5 Å². The fraction of sp³-hybridized carbons (Fsp3) is 0.379. The first-order valence-electron chi connectivity index (χ1n) is 12.9. The third-order valence-corrected chi connectivity index (χ3v) is 7.39. The Morgan fingerprint density at radius 1 is 0.816 bits per heavy atom. The fourth-order valence-corrected chi connectivity index (χ4v) is 4.80. The second-order valence-corrected chi connectivity index (χ2v) is 11.4. The molecule has 0 aromatic heterocycles. The largest absolute Gasteiger partial charge is 0.508 e. The van der Waals surface area contributed by atoms with E-state index in [1.807, 2.05) is 54.6 Å². The van der Waals surface area contributed by atoms with Crippen LogP contribution in [0.25, 0.3) is 0 Å². The van der Waals surface area contributed by atoms with Crippen LogP contribution in [0.4, 0.5) is 0 Å². The first kappa shape index (κ1) is 29.7. The third kappa shape index (κ3) is 11.3. The highest BCUT2D eigenvalue weighted by molar-refractivity contribution is 7.57. The van der Waals surface area contributed by atoms with Gasteiger partial charge in [0.2, 0.25) is 7.37 Å². The Bertz CT molecular complexity index is 1130. The summed E-state index contributed by atoms with van der Waals surface area (Å²) in [7, 11) is -3.38. The van der Waals surface area contributed by atoms with E-state index in [0.717, 1.165) is 37.1 Å². The van der Waals surface area contributed by atoms with Gasteiger partial charge in [-0.25, -0.2) is 0 Å². The molecule has 9 heteroatoms. The van der Waals surface area contributed by atoms with E-state index in [1.165, 1.54) is 6.07 Å². The Morgan fingerprint density at radius 3 is 2.34 bits per heavy atom. The minimum Gasteiger partial charge on any atom is -0.508 e. The van der Waals surface area contributed by atoms with Crippen molar-refractivity contribution in [2.24, 2.45) is 0 Å². The van der Waals surface area contributed by atoms with Crippen LogP contribution < -0.4 is 14.8 Å². The van der Waals surface area contributed by atoms with Crippen molar-refractivity contribution in [1.82, 2.24) is 5.32 Å². The zero-order valence-electron chi connectivity index (χ0n) is 21.6. The van der Waals surface area contributed by atoms with Gasteiger partial charge in [-0.2, -0.15) is 0 Å². The van der Waals surface area contributed by atoms with Crippen molar-refractivity contribution in [3.05, 3.63) is 89.5 Å². The number of rotatable bonds is 18. The molecular weight excluding hydrogens is 505 g/mol. The number of ether oxygens (including phenoxy) is 3. The van der Waals surface area contributed by atoms with Crippen LogP contribution in [0.2, 0.25) is 0 Å². The number of hydrogen-bond donors (Lipinski definition) is 4. The monoisotopic (exact) mass is 543 g/mol. The predicted molar refractivity (Wildman–Crippen MR) is 148 cm³/mol. The van der Waals surface area contributed by atoms with Crippen molar-refractivity contribution < 1.29 is 33.9 Å². The van der Waals surface area contributed by atoms with E-state index in [-0.39, 0.29) is 24.9 Å². The molecule has 1 atom stereocenters. The molecule has 0 saturated carbocycles. The van der Waals surface area contributed by atoms with E-state index in [4.69, 9.17) is 14.2 Å². The Morgan fingerprint density at radius 2 is 1.58 bits per heavy atom. The molecule has 4 N–H and O–H groups in total. The quantitative estimate of drug-likeness (QED) is 0.135. The van der Waals surface area contributed by atoms with Gasteiger partial charge in [0.15, 0.2) is 6.35 Å². The summed E-state index contributed by atoms with van der Waals surface area (Å²) in [4.78, 5) is 10.2. The summed E-state index contributed by atoms with van der Waals surface area (Å²) in [6, 6.07) is 22.2. The maximum Gasteiger partial charge on any atom is 0.236 e. The molecule has 3 aromatic carbocycles.